The van der Waals surface area contributed by atoms with E-state index < -0.39 is 0 Å². The molecule has 2 aromatic carbocycles. The highest BCUT2D eigenvalue weighted by atomic mass is 35.5. The molecule has 132 valence electrons. The van der Waals surface area contributed by atoms with Crippen molar-refractivity contribution < 1.29 is 9.53 Å². The second kappa shape index (κ2) is 7.79. The monoisotopic (exact) mass is 358 g/mol. The minimum atomic E-state index is 0.216. The molecule has 1 aliphatic rings. The Balaban J connectivity index is 1.74. The van der Waals surface area contributed by atoms with Crippen molar-refractivity contribution in [3.8, 4) is 5.75 Å². The normalized spacial score (nSPS) is 17.0. The number of hydrogen-bond donors (Lipinski definition) is 1. The molecular weight excluding hydrogens is 336 g/mol. The molecule has 1 heterocycles. The quantitative estimate of drug-likeness (QED) is 0.844. The summed E-state index contributed by atoms with van der Waals surface area (Å²) in [6.45, 7) is 0.631. The van der Waals surface area contributed by atoms with Gasteiger partial charge >= 0.3 is 0 Å². The van der Waals surface area contributed by atoms with Crippen molar-refractivity contribution in [3.63, 3.8) is 0 Å². The van der Waals surface area contributed by atoms with Crippen molar-refractivity contribution in [2.75, 3.05) is 19.5 Å². The maximum Gasteiger partial charge on any atom is 0.223 e. The molecule has 25 heavy (non-hydrogen) atoms. The van der Waals surface area contributed by atoms with Crippen LogP contribution in [-0.4, -0.2) is 31.0 Å². The smallest absolute Gasteiger partial charge is 0.223 e. The number of benzene rings is 2. The summed E-state index contributed by atoms with van der Waals surface area (Å²) in [5.74, 6) is 1.05. The van der Waals surface area contributed by atoms with Gasteiger partial charge in [-0.05, 0) is 48.2 Å². The molecule has 0 aromatic heterocycles. The van der Waals surface area contributed by atoms with Crippen molar-refractivity contribution in [2.45, 2.75) is 31.8 Å². The first-order valence-electron chi connectivity index (χ1n) is 8.49. The van der Waals surface area contributed by atoms with Gasteiger partial charge in [-0.1, -0.05) is 29.8 Å². The molecule has 2 aromatic rings. The van der Waals surface area contributed by atoms with Gasteiger partial charge in [-0.25, -0.2) is 0 Å². The van der Waals surface area contributed by atoms with E-state index in [0.717, 1.165) is 29.8 Å². The van der Waals surface area contributed by atoms with E-state index in [2.05, 4.69) is 17.4 Å². The Labute approximate surface area is 153 Å². The van der Waals surface area contributed by atoms with Gasteiger partial charge in [0.2, 0.25) is 5.91 Å². The number of nitrogens with zero attached hydrogens (tertiary/aromatic N) is 1. The van der Waals surface area contributed by atoms with Crippen molar-refractivity contribution in [1.82, 2.24) is 4.90 Å². The number of nitrogens with one attached hydrogen (secondary N) is 1. The third-order valence-electron chi connectivity index (χ3n) is 4.73. The Hall–Kier alpha value is -2.20. The zero-order valence-electron chi connectivity index (χ0n) is 14.6. The van der Waals surface area contributed by atoms with Crippen LogP contribution in [0, 0.1) is 0 Å². The lowest BCUT2D eigenvalue weighted by atomic mass is 10.0. The molecule has 3 rings (SSSR count). The van der Waals surface area contributed by atoms with E-state index in [-0.39, 0.29) is 11.9 Å². The van der Waals surface area contributed by atoms with Gasteiger partial charge in [0, 0.05) is 31.1 Å². The zero-order valence-corrected chi connectivity index (χ0v) is 15.3. The third kappa shape index (κ3) is 4.07. The number of amides is 1. The second-order valence-corrected chi connectivity index (χ2v) is 6.77. The highest BCUT2D eigenvalue weighted by molar-refractivity contribution is 6.30. The van der Waals surface area contributed by atoms with Crippen LogP contribution in [0.3, 0.4) is 0 Å². The van der Waals surface area contributed by atoms with E-state index in [4.69, 9.17) is 16.3 Å². The van der Waals surface area contributed by atoms with Gasteiger partial charge in [-0.3, -0.25) is 4.79 Å². The van der Waals surface area contributed by atoms with Crippen LogP contribution in [0.25, 0.3) is 0 Å². The number of ether oxygens (including phenoxy) is 1. The average Bonchev–Trinajstić information content (AvgIpc) is 2.96. The van der Waals surface area contributed by atoms with E-state index >= 15 is 0 Å². The number of likely N-dealkylation sites (tertiary alicyclic amines) is 1. The number of hydrogen-bond acceptors (Lipinski definition) is 3. The highest BCUT2D eigenvalue weighted by Gasteiger charge is 2.31. The number of halogens is 1. The lowest BCUT2D eigenvalue weighted by Gasteiger charge is -2.25. The van der Waals surface area contributed by atoms with Crippen molar-refractivity contribution in [1.29, 1.82) is 0 Å². The lowest BCUT2D eigenvalue weighted by Crippen LogP contribution is -2.33. The molecule has 0 saturated carbocycles. The van der Waals surface area contributed by atoms with Crippen LogP contribution in [0.15, 0.2) is 42.5 Å². The molecule has 4 nitrogen and oxygen atoms in total. The van der Waals surface area contributed by atoms with Gasteiger partial charge in [0.25, 0.3) is 0 Å². The van der Waals surface area contributed by atoms with Crippen LogP contribution in [-0.2, 0) is 17.8 Å². The second-order valence-electron chi connectivity index (χ2n) is 6.33. The minimum Gasteiger partial charge on any atom is -0.495 e. The molecule has 1 saturated heterocycles. The van der Waals surface area contributed by atoms with Gasteiger partial charge in [0.1, 0.15) is 5.75 Å². The maximum atomic E-state index is 12.3. The van der Waals surface area contributed by atoms with Crippen molar-refractivity contribution in [2.24, 2.45) is 0 Å². The fraction of sp³-hybridized carbons (Fsp3) is 0.350. The van der Waals surface area contributed by atoms with E-state index in [0.29, 0.717) is 18.0 Å². The Morgan fingerprint density at radius 1 is 1.20 bits per heavy atom. The van der Waals surface area contributed by atoms with Crippen LogP contribution in [0.1, 0.15) is 24.0 Å². The molecular formula is C20H23ClN2O2. The summed E-state index contributed by atoms with van der Waals surface area (Å²) in [6.07, 6.45) is 2.34. The Kier molecular flexibility index (Phi) is 5.49. The summed E-state index contributed by atoms with van der Waals surface area (Å²) in [5, 5.41) is 3.83. The SMILES string of the molecule is CNc1ccc(CC2CCC(=O)N2Cc2ccc(Cl)cc2)cc1OC. The first kappa shape index (κ1) is 17.6. The van der Waals surface area contributed by atoms with E-state index in [1.165, 1.54) is 5.56 Å². The van der Waals surface area contributed by atoms with Gasteiger partial charge in [-0.15, -0.1) is 0 Å². The van der Waals surface area contributed by atoms with Crippen LogP contribution in [0.2, 0.25) is 5.02 Å². The van der Waals surface area contributed by atoms with Gasteiger partial charge in [0.15, 0.2) is 0 Å². The van der Waals surface area contributed by atoms with E-state index in [1.807, 2.05) is 42.3 Å². The predicted molar refractivity (Wildman–Crippen MR) is 101 cm³/mol. The molecule has 0 bridgehead atoms. The summed E-state index contributed by atoms with van der Waals surface area (Å²) in [5.41, 5.74) is 3.25. The third-order valence-corrected chi connectivity index (χ3v) is 4.98. The number of carbonyl (C=O) groups excluding carboxylic acids is 1. The van der Waals surface area contributed by atoms with Crippen molar-refractivity contribution in [3.05, 3.63) is 58.6 Å². The van der Waals surface area contributed by atoms with Gasteiger partial charge < -0.3 is 15.0 Å². The fourth-order valence-electron chi connectivity index (χ4n) is 3.35. The average molecular weight is 359 g/mol. The first-order valence-corrected chi connectivity index (χ1v) is 8.87. The van der Waals surface area contributed by atoms with Gasteiger partial charge in [-0.2, -0.15) is 0 Å². The summed E-state index contributed by atoms with van der Waals surface area (Å²) < 4.78 is 5.44. The molecule has 0 aliphatic carbocycles. The lowest BCUT2D eigenvalue weighted by molar-refractivity contribution is -0.129. The molecule has 1 amide bonds. The van der Waals surface area contributed by atoms with Crippen LogP contribution >= 0.6 is 11.6 Å². The first-order chi connectivity index (χ1) is 12.1. The Morgan fingerprint density at radius 2 is 1.92 bits per heavy atom. The van der Waals surface area contributed by atoms with Gasteiger partial charge in [0.05, 0.1) is 12.8 Å². The molecule has 1 N–H and O–H groups in total. The number of anilines is 1. The predicted octanol–water partition coefficient (Wildman–Crippen LogP) is 4.12. The molecule has 0 spiro atoms. The molecule has 0 radical (unpaired) electrons. The van der Waals surface area contributed by atoms with Crippen LogP contribution in [0.5, 0.6) is 5.75 Å². The topological polar surface area (TPSA) is 41.6 Å². The van der Waals surface area contributed by atoms with E-state index in [1.54, 1.807) is 7.11 Å². The number of methoxy groups -OCH3 is 1. The summed E-state index contributed by atoms with van der Waals surface area (Å²) >= 11 is 5.95. The Morgan fingerprint density at radius 3 is 2.60 bits per heavy atom. The molecule has 1 atom stereocenters. The van der Waals surface area contributed by atoms with Crippen molar-refractivity contribution >= 4 is 23.2 Å². The highest BCUT2D eigenvalue weighted by Crippen LogP contribution is 2.29. The largest absolute Gasteiger partial charge is 0.495 e. The van der Waals surface area contributed by atoms with Crippen LogP contribution in [0.4, 0.5) is 5.69 Å². The minimum absolute atomic E-state index is 0.216. The molecule has 1 unspecified atom stereocenters. The standard InChI is InChI=1S/C20H23ClN2O2/c1-22-18-9-5-15(12-19(18)25-2)11-17-8-10-20(24)23(17)13-14-3-6-16(21)7-4-14/h3-7,9,12,17,22H,8,10-11,13H2,1-2H3. The summed E-state index contributed by atoms with van der Waals surface area (Å²) in [6, 6.07) is 14.1. The molecule has 1 aliphatic heterocycles. The fourth-order valence-corrected chi connectivity index (χ4v) is 3.48. The number of rotatable bonds is 6. The van der Waals surface area contributed by atoms with E-state index in [9.17, 15) is 4.79 Å². The zero-order chi connectivity index (χ0) is 17.8. The summed E-state index contributed by atoms with van der Waals surface area (Å²) in [7, 11) is 3.55. The molecule has 5 heteroatoms. The number of carbonyl (C=O) groups is 1. The Bertz CT molecular complexity index is 746. The maximum absolute atomic E-state index is 12.3. The van der Waals surface area contributed by atoms with Crippen LogP contribution < -0.4 is 10.1 Å². The summed E-state index contributed by atoms with van der Waals surface area (Å²) in [4.78, 5) is 14.3. The molecule has 1 fully saturated rings.